The molecule has 2 aromatic carbocycles. The van der Waals surface area contributed by atoms with Crippen molar-refractivity contribution in [2.75, 3.05) is 5.75 Å². The van der Waals surface area contributed by atoms with Crippen LogP contribution in [-0.4, -0.2) is 16.8 Å². The zero-order valence-corrected chi connectivity index (χ0v) is 22.3. The molecule has 0 amide bonds. The average Bonchev–Trinajstić information content (AvgIpc) is 3.82. The summed E-state index contributed by atoms with van der Waals surface area (Å²) in [4.78, 5) is 5.90. The molecule has 0 bridgehead atoms. The fourth-order valence-electron chi connectivity index (χ4n) is 4.94. The maximum atomic E-state index is 6.66. The third-order valence-electron chi connectivity index (χ3n) is 7.40. The molecule has 2 aliphatic rings. The predicted octanol–water partition coefficient (Wildman–Crippen LogP) is 9.28. The van der Waals surface area contributed by atoms with E-state index in [9.17, 15) is 0 Å². The van der Waals surface area contributed by atoms with Gasteiger partial charge in [0, 0.05) is 27.9 Å². The van der Waals surface area contributed by atoms with Gasteiger partial charge in [0.1, 0.15) is 5.75 Å². The van der Waals surface area contributed by atoms with Crippen LogP contribution in [0.4, 0.5) is 0 Å². The fourth-order valence-corrected chi connectivity index (χ4v) is 6.13. The van der Waals surface area contributed by atoms with E-state index in [1.807, 2.05) is 18.0 Å². The summed E-state index contributed by atoms with van der Waals surface area (Å²) < 4.78 is 6.27. The number of aromatic nitrogens is 1. The number of hydrogen-bond donors (Lipinski definition) is 0. The molecule has 0 saturated heterocycles. The largest absolute Gasteiger partial charge is 0.490 e. The molecule has 2 fully saturated rings. The number of rotatable bonds is 13. The Morgan fingerprint density at radius 1 is 1.03 bits per heavy atom. The summed E-state index contributed by atoms with van der Waals surface area (Å²) in [5, 5.41) is 0.894. The first-order valence-electron chi connectivity index (χ1n) is 13.3. The minimum atomic E-state index is 0.183. The Balaban J connectivity index is 1.31. The third-order valence-corrected chi connectivity index (χ3v) is 8.85. The van der Waals surface area contributed by atoms with E-state index in [1.54, 1.807) is 0 Å². The van der Waals surface area contributed by atoms with E-state index >= 15 is 0 Å². The molecule has 0 unspecified atom stereocenters. The molecule has 0 N–H and O–H groups in total. The van der Waals surface area contributed by atoms with Crippen molar-refractivity contribution in [3.05, 3.63) is 77.1 Å². The maximum Gasteiger partial charge on any atom is 0.127 e. The Bertz CT molecular complexity index is 1140. The summed E-state index contributed by atoms with van der Waals surface area (Å²) in [5.74, 6) is 2.19. The normalized spacial score (nSPS) is 16.3. The lowest BCUT2D eigenvalue weighted by molar-refractivity contribution is 0.304. The highest BCUT2D eigenvalue weighted by molar-refractivity contribution is 7.99. The van der Waals surface area contributed by atoms with Gasteiger partial charge in [0.05, 0.1) is 6.10 Å². The van der Waals surface area contributed by atoms with Crippen LogP contribution in [-0.2, 0) is 11.8 Å². The number of ether oxygens (including phenoxy) is 1. The van der Waals surface area contributed by atoms with Crippen molar-refractivity contribution < 1.29 is 4.74 Å². The molecule has 3 aromatic rings. The van der Waals surface area contributed by atoms with Crippen LogP contribution >= 0.6 is 23.4 Å². The number of para-hydroxylation sites is 1. The van der Waals surface area contributed by atoms with Gasteiger partial charge < -0.3 is 4.74 Å². The Hall–Kier alpha value is -1.97. The number of halogens is 1. The number of benzene rings is 2. The highest BCUT2D eigenvalue weighted by atomic mass is 35.5. The number of hydrogen-bond acceptors (Lipinski definition) is 3. The van der Waals surface area contributed by atoms with Crippen molar-refractivity contribution in [3.8, 4) is 16.9 Å². The summed E-state index contributed by atoms with van der Waals surface area (Å²) in [6.45, 7) is 2.26. The summed E-state index contributed by atoms with van der Waals surface area (Å²) in [7, 11) is 0. The van der Waals surface area contributed by atoms with E-state index in [4.69, 9.17) is 16.3 Å². The first kappa shape index (κ1) is 24.7. The highest BCUT2D eigenvalue weighted by Gasteiger charge is 2.45. The van der Waals surface area contributed by atoms with E-state index in [0.717, 1.165) is 23.6 Å². The molecule has 0 aliphatic heterocycles. The predicted molar refractivity (Wildman–Crippen MR) is 149 cm³/mol. The summed E-state index contributed by atoms with van der Waals surface area (Å²) in [6.07, 6.45) is 16.5. The standard InChI is InChI=1S/C31H36ClNOS/c1-2-3-4-7-20-35-25-12-13-29(32)23(21-25)14-16-31(17-18-31)28-22-33-19-15-26(28)27-8-5-6-9-30(27)34-24-10-11-24/h5-6,8-9,12-13,15,19,21-22,24H,2-4,7,10-11,14,16-18,20H2,1H3. The molecular formula is C31H36ClNOS. The van der Waals surface area contributed by atoms with Crippen LogP contribution in [0.2, 0.25) is 5.02 Å². The van der Waals surface area contributed by atoms with Crippen LogP contribution in [0.25, 0.3) is 11.1 Å². The second-order valence-corrected chi connectivity index (χ2v) is 11.8. The van der Waals surface area contributed by atoms with Crippen LogP contribution in [0, 0.1) is 0 Å². The molecule has 0 radical (unpaired) electrons. The number of unbranched alkanes of at least 4 members (excludes halogenated alkanes) is 3. The average molecular weight is 506 g/mol. The SMILES string of the molecule is CCCCCCSc1ccc(Cl)c(CCC2(c3cnccc3-c3ccccc3OC3CC3)CC2)c1. The van der Waals surface area contributed by atoms with Crippen molar-refractivity contribution in [2.45, 2.75) is 87.5 Å². The van der Waals surface area contributed by atoms with Crippen molar-refractivity contribution in [1.29, 1.82) is 0 Å². The molecule has 1 heterocycles. The van der Waals surface area contributed by atoms with E-state index < -0.39 is 0 Å². The molecule has 2 saturated carbocycles. The summed E-state index contributed by atoms with van der Waals surface area (Å²) >= 11 is 8.63. The first-order chi connectivity index (χ1) is 17.2. The molecule has 1 aromatic heterocycles. The number of pyridine rings is 1. The molecule has 0 atom stereocenters. The minimum absolute atomic E-state index is 0.183. The van der Waals surface area contributed by atoms with Gasteiger partial charge in [-0.2, -0.15) is 0 Å². The monoisotopic (exact) mass is 505 g/mol. The lowest BCUT2D eigenvalue weighted by Crippen LogP contribution is -2.11. The van der Waals surface area contributed by atoms with Gasteiger partial charge in [-0.15, -0.1) is 11.8 Å². The topological polar surface area (TPSA) is 22.1 Å². The third kappa shape index (κ3) is 6.24. The van der Waals surface area contributed by atoms with Gasteiger partial charge in [0.2, 0.25) is 0 Å². The highest BCUT2D eigenvalue weighted by Crippen LogP contribution is 2.55. The van der Waals surface area contributed by atoms with Gasteiger partial charge in [-0.1, -0.05) is 56.0 Å². The molecule has 0 spiro atoms. The molecule has 184 valence electrons. The molecule has 2 aliphatic carbocycles. The molecule has 4 heteroatoms. The van der Waals surface area contributed by atoms with Crippen molar-refractivity contribution >= 4 is 23.4 Å². The van der Waals surface area contributed by atoms with Gasteiger partial charge in [0.25, 0.3) is 0 Å². The Morgan fingerprint density at radius 2 is 1.89 bits per heavy atom. The van der Waals surface area contributed by atoms with Gasteiger partial charge in [-0.25, -0.2) is 0 Å². The van der Waals surface area contributed by atoms with Crippen LogP contribution in [0.1, 0.15) is 75.8 Å². The Morgan fingerprint density at radius 3 is 2.69 bits per heavy atom. The molecule has 5 rings (SSSR count). The lowest BCUT2D eigenvalue weighted by atomic mass is 9.85. The molecule has 2 nitrogen and oxygen atoms in total. The second kappa shape index (κ2) is 11.4. The smallest absolute Gasteiger partial charge is 0.127 e. The van der Waals surface area contributed by atoms with Gasteiger partial charge in [-0.05, 0) is 103 Å². The molecular weight excluding hydrogens is 470 g/mol. The number of aryl methyl sites for hydroxylation is 1. The number of thioether (sulfide) groups is 1. The van der Waals surface area contributed by atoms with Crippen LogP contribution in [0.3, 0.4) is 0 Å². The van der Waals surface area contributed by atoms with Crippen molar-refractivity contribution in [3.63, 3.8) is 0 Å². The summed E-state index contributed by atoms with van der Waals surface area (Å²) in [6, 6.07) is 17.3. The molecule has 35 heavy (non-hydrogen) atoms. The quantitative estimate of drug-likeness (QED) is 0.170. The van der Waals surface area contributed by atoms with Crippen LogP contribution < -0.4 is 4.74 Å². The zero-order chi connectivity index (χ0) is 24.1. The van der Waals surface area contributed by atoms with Gasteiger partial charge in [0.15, 0.2) is 0 Å². The second-order valence-electron chi connectivity index (χ2n) is 10.2. The number of nitrogens with zero attached hydrogens (tertiary/aromatic N) is 1. The fraction of sp³-hybridized carbons (Fsp3) is 0.452. The summed E-state index contributed by atoms with van der Waals surface area (Å²) in [5.41, 5.74) is 5.30. The van der Waals surface area contributed by atoms with E-state index in [-0.39, 0.29) is 5.41 Å². The Kier molecular flexibility index (Phi) is 8.04. The minimum Gasteiger partial charge on any atom is -0.490 e. The van der Waals surface area contributed by atoms with Crippen molar-refractivity contribution in [2.24, 2.45) is 0 Å². The lowest BCUT2D eigenvalue weighted by Gasteiger charge is -2.21. The Labute approximate surface area is 219 Å². The van der Waals surface area contributed by atoms with E-state index in [0.29, 0.717) is 6.10 Å². The van der Waals surface area contributed by atoms with Crippen molar-refractivity contribution in [1.82, 2.24) is 4.98 Å². The maximum absolute atomic E-state index is 6.66. The van der Waals surface area contributed by atoms with Gasteiger partial charge in [-0.3, -0.25) is 4.98 Å². The van der Waals surface area contributed by atoms with Crippen LogP contribution in [0.5, 0.6) is 5.75 Å². The van der Waals surface area contributed by atoms with Crippen LogP contribution in [0.15, 0.2) is 65.8 Å². The van der Waals surface area contributed by atoms with E-state index in [1.165, 1.54) is 84.3 Å². The van der Waals surface area contributed by atoms with E-state index in [2.05, 4.69) is 66.6 Å². The van der Waals surface area contributed by atoms with Gasteiger partial charge >= 0.3 is 0 Å². The zero-order valence-electron chi connectivity index (χ0n) is 20.8. The first-order valence-corrected chi connectivity index (χ1v) is 14.7.